The molecule has 0 unspecified atom stereocenters. The molecule has 2 nitrogen and oxygen atoms in total. The molecule has 1 aromatic rings. The monoisotopic (exact) mass is 238 g/mol. The molecule has 84 valence electrons. The lowest BCUT2D eigenvalue weighted by Crippen LogP contribution is -2.20. The van der Waals surface area contributed by atoms with Gasteiger partial charge in [0.1, 0.15) is 5.82 Å². The van der Waals surface area contributed by atoms with Gasteiger partial charge in [0.15, 0.2) is 5.69 Å². The van der Waals surface area contributed by atoms with Gasteiger partial charge in [-0.25, -0.2) is 9.97 Å². The molecule has 6 heteroatoms. The van der Waals surface area contributed by atoms with Gasteiger partial charge in [-0.2, -0.15) is 13.2 Å². The lowest BCUT2D eigenvalue weighted by atomic mass is 9.95. The van der Waals surface area contributed by atoms with Crippen molar-refractivity contribution >= 4 is 11.6 Å². The summed E-state index contributed by atoms with van der Waals surface area (Å²) in [5.74, 6) is 0.124. The molecule has 0 spiro atoms. The average Bonchev–Trinajstić information content (AvgIpc) is 2.00. The highest BCUT2D eigenvalue weighted by atomic mass is 35.5. The van der Waals surface area contributed by atoms with Crippen molar-refractivity contribution in [3.8, 4) is 0 Å². The van der Waals surface area contributed by atoms with Crippen molar-refractivity contribution in [2.45, 2.75) is 32.4 Å². The molecule has 0 bridgehead atoms. The van der Waals surface area contributed by atoms with Crippen molar-refractivity contribution in [1.29, 1.82) is 0 Å². The average molecular weight is 239 g/mol. The molecule has 0 N–H and O–H groups in total. The minimum atomic E-state index is -4.54. The van der Waals surface area contributed by atoms with Gasteiger partial charge in [0.05, 0.1) is 5.02 Å². The second-order valence-electron chi connectivity index (χ2n) is 4.14. The van der Waals surface area contributed by atoms with E-state index in [1.807, 2.05) is 0 Å². The Labute approximate surface area is 90.5 Å². The van der Waals surface area contributed by atoms with E-state index < -0.39 is 22.3 Å². The summed E-state index contributed by atoms with van der Waals surface area (Å²) in [6.07, 6.45) is -3.56. The normalized spacial score (nSPS) is 13.0. The van der Waals surface area contributed by atoms with Crippen molar-refractivity contribution in [3.05, 3.63) is 22.7 Å². The molecular formula is C9H10ClF3N2. The van der Waals surface area contributed by atoms with Crippen molar-refractivity contribution in [1.82, 2.24) is 9.97 Å². The van der Waals surface area contributed by atoms with Gasteiger partial charge >= 0.3 is 6.18 Å². The molecule has 0 saturated carbocycles. The zero-order valence-electron chi connectivity index (χ0n) is 8.48. The Hall–Kier alpha value is -0.840. The Kier molecular flexibility index (Phi) is 2.96. The fourth-order valence-electron chi connectivity index (χ4n) is 0.927. The summed E-state index contributed by atoms with van der Waals surface area (Å²) in [5, 5.41) is -0.476. The minimum Gasteiger partial charge on any atom is -0.239 e. The van der Waals surface area contributed by atoms with E-state index in [0.29, 0.717) is 0 Å². The van der Waals surface area contributed by atoms with E-state index in [9.17, 15) is 13.2 Å². The maximum atomic E-state index is 12.4. The van der Waals surface area contributed by atoms with E-state index in [1.54, 1.807) is 20.8 Å². The van der Waals surface area contributed by atoms with E-state index >= 15 is 0 Å². The topological polar surface area (TPSA) is 25.8 Å². The highest BCUT2D eigenvalue weighted by Crippen LogP contribution is 2.33. The summed E-state index contributed by atoms with van der Waals surface area (Å²) >= 11 is 5.39. The van der Waals surface area contributed by atoms with E-state index in [-0.39, 0.29) is 5.82 Å². The number of hydrogen-bond acceptors (Lipinski definition) is 2. The third kappa shape index (κ3) is 2.81. The highest BCUT2D eigenvalue weighted by Gasteiger charge is 2.36. The molecule has 0 amide bonds. The lowest BCUT2D eigenvalue weighted by Gasteiger charge is -2.18. The van der Waals surface area contributed by atoms with Gasteiger partial charge < -0.3 is 0 Å². The van der Waals surface area contributed by atoms with Gasteiger partial charge in [-0.05, 0) is 0 Å². The van der Waals surface area contributed by atoms with E-state index in [4.69, 9.17) is 11.6 Å². The van der Waals surface area contributed by atoms with Gasteiger partial charge in [-0.1, -0.05) is 32.4 Å². The van der Waals surface area contributed by atoms with Gasteiger partial charge in [-0.3, -0.25) is 0 Å². The van der Waals surface area contributed by atoms with Crippen LogP contribution in [0.25, 0.3) is 0 Å². The molecule has 1 heterocycles. The Balaban J connectivity index is 3.30. The van der Waals surface area contributed by atoms with Crippen LogP contribution in [0.5, 0.6) is 0 Å². The number of nitrogens with zero attached hydrogens (tertiary/aromatic N) is 2. The lowest BCUT2D eigenvalue weighted by molar-refractivity contribution is -0.141. The Morgan fingerprint density at radius 1 is 1.20 bits per heavy atom. The molecule has 1 aromatic heterocycles. The van der Waals surface area contributed by atoms with Crippen LogP contribution in [0.4, 0.5) is 13.2 Å². The first kappa shape index (κ1) is 12.2. The summed E-state index contributed by atoms with van der Waals surface area (Å²) in [4.78, 5) is 7.23. The van der Waals surface area contributed by atoms with E-state index in [2.05, 4.69) is 9.97 Å². The molecular weight excluding hydrogens is 229 g/mol. The summed E-state index contributed by atoms with van der Waals surface area (Å²) < 4.78 is 37.3. The molecule has 0 aliphatic rings. The van der Waals surface area contributed by atoms with Crippen LogP contribution >= 0.6 is 11.6 Å². The quantitative estimate of drug-likeness (QED) is 0.692. The van der Waals surface area contributed by atoms with Crippen LogP contribution in [0.3, 0.4) is 0 Å². The van der Waals surface area contributed by atoms with Gasteiger partial charge in [-0.15, -0.1) is 0 Å². The number of hydrogen-bond donors (Lipinski definition) is 0. The molecule has 0 aromatic carbocycles. The third-order valence-electron chi connectivity index (χ3n) is 1.68. The third-order valence-corrected chi connectivity index (χ3v) is 1.96. The van der Waals surface area contributed by atoms with E-state index in [1.165, 1.54) is 0 Å². The first-order valence-electron chi connectivity index (χ1n) is 4.22. The number of alkyl halides is 3. The predicted octanol–water partition coefficient (Wildman–Crippen LogP) is 3.45. The van der Waals surface area contributed by atoms with Crippen LogP contribution in [-0.2, 0) is 11.6 Å². The molecule has 0 fully saturated rings. The van der Waals surface area contributed by atoms with Crippen LogP contribution in [0.15, 0.2) is 6.20 Å². The van der Waals surface area contributed by atoms with E-state index in [0.717, 1.165) is 6.20 Å². The molecule has 0 saturated heterocycles. The van der Waals surface area contributed by atoms with Crippen molar-refractivity contribution < 1.29 is 13.2 Å². The summed E-state index contributed by atoms with van der Waals surface area (Å²) in [6.45, 7) is 5.20. The Morgan fingerprint density at radius 2 is 1.73 bits per heavy atom. The Bertz CT molecular complexity index is 369. The second kappa shape index (κ2) is 3.63. The van der Waals surface area contributed by atoms with Crippen molar-refractivity contribution in [2.75, 3.05) is 0 Å². The molecule has 0 radical (unpaired) electrons. The van der Waals surface area contributed by atoms with Crippen molar-refractivity contribution in [3.63, 3.8) is 0 Å². The smallest absolute Gasteiger partial charge is 0.239 e. The fraction of sp³-hybridized carbons (Fsp3) is 0.556. The van der Waals surface area contributed by atoms with Crippen LogP contribution < -0.4 is 0 Å². The maximum absolute atomic E-state index is 12.4. The summed E-state index contributed by atoms with van der Waals surface area (Å²) in [5.41, 5.74) is -1.62. The minimum absolute atomic E-state index is 0.124. The fourth-order valence-corrected chi connectivity index (χ4v) is 1.13. The molecule has 1 rings (SSSR count). The largest absolute Gasteiger partial charge is 0.434 e. The second-order valence-corrected chi connectivity index (χ2v) is 4.55. The first-order valence-corrected chi connectivity index (χ1v) is 4.60. The molecule has 0 aliphatic carbocycles. The molecule has 15 heavy (non-hydrogen) atoms. The number of rotatable bonds is 0. The van der Waals surface area contributed by atoms with Crippen molar-refractivity contribution in [2.24, 2.45) is 0 Å². The zero-order valence-corrected chi connectivity index (χ0v) is 9.24. The Morgan fingerprint density at radius 3 is 2.13 bits per heavy atom. The summed E-state index contributed by atoms with van der Waals surface area (Å²) in [6, 6.07) is 0. The maximum Gasteiger partial charge on any atom is 0.434 e. The number of halogens is 4. The van der Waals surface area contributed by atoms with Crippen LogP contribution in [0, 0.1) is 0 Å². The van der Waals surface area contributed by atoms with Gasteiger partial charge in [0.2, 0.25) is 0 Å². The predicted molar refractivity (Wildman–Crippen MR) is 50.7 cm³/mol. The first-order chi connectivity index (χ1) is 6.62. The number of aromatic nitrogens is 2. The summed E-state index contributed by atoms with van der Waals surface area (Å²) in [7, 11) is 0. The molecule has 0 atom stereocenters. The molecule has 0 aliphatic heterocycles. The SMILES string of the molecule is CC(C)(C)c1ncc(Cl)c(C(F)(F)F)n1. The van der Waals surface area contributed by atoms with Crippen LogP contribution in [-0.4, -0.2) is 9.97 Å². The van der Waals surface area contributed by atoms with Gasteiger partial charge in [0.25, 0.3) is 0 Å². The van der Waals surface area contributed by atoms with Crippen LogP contribution in [0.1, 0.15) is 32.3 Å². The highest BCUT2D eigenvalue weighted by molar-refractivity contribution is 6.31. The zero-order chi connectivity index (χ0) is 11.9. The van der Waals surface area contributed by atoms with Crippen LogP contribution in [0.2, 0.25) is 5.02 Å². The standard InChI is InChI=1S/C9H10ClF3N2/c1-8(2,3)7-14-4-5(10)6(15-7)9(11,12)13/h4H,1-3H3. The van der Waals surface area contributed by atoms with Gasteiger partial charge in [0, 0.05) is 11.6 Å².